The monoisotopic (exact) mass is 952 g/mol. The maximum atomic E-state index is 14.6. The molecule has 2 saturated heterocycles. The van der Waals surface area contributed by atoms with Gasteiger partial charge in [-0.25, -0.2) is 14.8 Å². The Labute approximate surface area is 392 Å². The first-order valence-electron chi connectivity index (χ1n) is 21.7. The van der Waals surface area contributed by atoms with E-state index in [2.05, 4.69) is 15.3 Å². The van der Waals surface area contributed by atoms with Crippen molar-refractivity contribution in [2.45, 2.75) is 57.2 Å². The molecule has 7 heterocycles. The molecule has 21 heteroatoms. The Hall–Kier alpha value is -6.99. The maximum absolute atomic E-state index is 14.6. The number of benzene rings is 2. The summed E-state index contributed by atoms with van der Waals surface area (Å²) in [4.78, 5) is 96.9. The highest BCUT2D eigenvalue weighted by Crippen LogP contribution is 2.44. The van der Waals surface area contributed by atoms with Crippen LogP contribution in [0, 0.1) is 5.92 Å². The normalized spacial score (nSPS) is 17.6. The van der Waals surface area contributed by atoms with Crippen molar-refractivity contribution in [2.24, 2.45) is 20.0 Å². The fourth-order valence-corrected chi connectivity index (χ4v) is 9.70. The van der Waals surface area contributed by atoms with E-state index in [1.807, 2.05) is 9.47 Å². The molecule has 67 heavy (non-hydrogen) atoms. The standard InChI is InChI=1S/C46H46Cl2N10O9/c1-53-23-28(48)21-32(43(53)62)58-37(26-10-12-27(47)13-11-26)39-36(44(58)63)51-40(29-22-49-45(66-4)52-42(29)65-3)56(39)18-6-9-35(60)55-19-16-25(17-20-55)24-67-33-8-5-7-30-38(33)54(2)46(64)57(30)31-14-15-34(59)50-41(31)61/h5,7-8,10-13,21-23,25,31,37H,6,9,14-20,24H2,1-4H3,(H,50,59,61)/t31?,37-/m0/s1. The fourth-order valence-electron chi connectivity index (χ4n) is 9.32. The number of likely N-dealkylation sites (tertiary alicyclic amines) is 1. The summed E-state index contributed by atoms with van der Waals surface area (Å²) in [5.74, 6) is -0.316. The summed E-state index contributed by atoms with van der Waals surface area (Å²) in [6, 6.07) is 12.2. The lowest BCUT2D eigenvalue weighted by atomic mass is 9.97. The van der Waals surface area contributed by atoms with E-state index >= 15 is 0 Å². The zero-order valence-corrected chi connectivity index (χ0v) is 38.5. The number of anilines is 1. The number of amides is 4. The van der Waals surface area contributed by atoms with Crippen molar-refractivity contribution in [3.63, 3.8) is 0 Å². The van der Waals surface area contributed by atoms with Crippen LogP contribution in [0.1, 0.15) is 72.4 Å². The van der Waals surface area contributed by atoms with Gasteiger partial charge in [-0.2, -0.15) is 4.98 Å². The van der Waals surface area contributed by atoms with Crippen molar-refractivity contribution < 1.29 is 33.4 Å². The molecule has 9 rings (SSSR count). The molecule has 0 bridgehead atoms. The van der Waals surface area contributed by atoms with Gasteiger partial charge in [0.2, 0.25) is 23.6 Å². The predicted molar refractivity (Wildman–Crippen MR) is 246 cm³/mol. The number of rotatable bonds is 13. The van der Waals surface area contributed by atoms with Crippen LogP contribution in [0.15, 0.2) is 70.5 Å². The first kappa shape index (κ1) is 45.2. The SMILES string of the molecule is COc1ncc(-c2nc3c(n2CCCC(=O)N2CCC(COc4cccc5c4n(C)c(=O)n5C4CCC(=O)NC4=O)CC2)[C@H](c2ccc(Cl)cc2)N(c2cc(Cl)cn(C)c2=O)C3=O)c(OC)n1. The van der Waals surface area contributed by atoms with Crippen molar-refractivity contribution >= 4 is 63.6 Å². The number of aromatic nitrogens is 7. The third-order valence-electron chi connectivity index (χ3n) is 12.7. The summed E-state index contributed by atoms with van der Waals surface area (Å²) in [6.07, 6.45) is 5.27. The number of ether oxygens (including phenoxy) is 3. The lowest BCUT2D eigenvalue weighted by Crippen LogP contribution is -2.44. The Morgan fingerprint density at radius 3 is 2.40 bits per heavy atom. The highest BCUT2D eigenvalue weighted by molar-refractivity contribution is 6.31. The summed E-state index contributed by atoms with van der Waals surface area (Å²) >= 11 is 12.8. The molecule has 2 fully saturated rings. The predicted octanol–water partition coefficient (Wildman–Crippen LogP) is 4.84. The molecule has 4 aromatic heterocycles. The Balaban J connectivity index is 0.933. The minimum absolute atomic E-state index is 0.0352. The number of carbonyl (C=O) groups is 4. The number of nitrogens with zero attached hydrogens (tertiary/aromatic N) is 9. The zero-order chi connectivity index (χ0) is 47.3. The van der Waals surface area contributed by atoms with E-state index in [9.17, 15) is 28.8 Å². The van der Waals surface area contributed by atoms with Gasteiger partial charge in [0.25, 0.3) is 11.5 Å². The van der Waals surface area contributed by atoms with Gasteiger partial charge in [-0.3, -0.25) is 43.3 Å². The fraction of sp³-hybridized carbons (Fsp3) is 0.370. The van der Waals surface area contributed by atoms with E-state index < -0.39 is 29.5 Å². The average molecular weight is 954 g/mol. The van der Waals surface area contributed by atoms with Gasteiger partial charge in [0.05, 0.1) is 42.6 Å². The molecule has 0 saturated carbocycles. The van der Waals surface area contributed by atoms with Crippen LogP contribution >= 0.6 is 23.2 Å². The van der Waals surface area contributed by atoms with Gasteiger partial charge in [0.15, 0.2) is 5.69 Å². The second-order valence-electron chi connectivity index (χ2n) is 16.7. The summed E-state index contributed by atoms with van der Waals surface area (Å²) in [7, 11) is 6.07. The number of halogens is 2. The number of piperidine rings is 2. The maximum Gasteiger partial charge on any atom is 0.329 e. The third-order valence-corrected chi connectivity index (χ3v) is 13.1. The molecule has 6 aromatic rings. The highest BCUT2D eigenvalue weighted by Gasteiger charge is 2.46. The molecule has 0 aliphatic carbocycles. The van der Waals surface area contributed by atoms with Crippen LogP contribution in [0.2, 0.25) is 10.0 Å². The number of imidazole rings is 2. The van der Waals surface area contributed by atoms with Gasteiger partial charge < -0.3 is 28.2 Å². The summed E-state index contributed by atoms with van der Waals surface area (Å²) in [5.41, 5.74) is 1.95. The largest absolute Gasteiger partial charge is 0.491 e. The zero-order valence-electron chi connectivity index (χ0n) is 37.0. The lowest BCUT2D eigenvalue weighted by Gasteiger charge is -2.32. The van der Waals surface area contributed by atoms with Crippen molar-refractivity contribution in [3.05, 3.63) is 109 Å². The van der Waals surface area contributed by atoms with Crippen LogP contribution in [0.25, 0.3) is 22.4 Å². The lowest BCUT2D eigenvalue weighted by molar-refractivity contribution is -0.136. The number of hydrogen-bond donors (Lipinski definition) is 1. The second kappa shape index (κ2) is 18.4. The molecule has 0 spiro atoms. The quantitative estimate of drug-likeness (QED) is 0.154. The van der Waals surface area contributed by atoms with Crippen molar-refractivity contribution in [2.75, 3.05) is 38.8 Å². The van der Waals surface area contributed by atoms with Gasteiger partial charge in [0.1, 0.15) is 34.9 Å². The average Bonchev–Trinajstić information content (AvgIpc) is 3.92. The topological polar surface area (TPSA) is 207 Å². The molecule has 1 unspecified atom stereocenters. The van der Waals surface area contributed by atoms with Gasteiger partial charge in [-0.1, -0.05) is 41.4 Å². The molecular weight excluding hydrogens is 907 g/mol. The Kier molecular flexibility index (Phi) is 12.4. The molecular formula is C46H46Cl2N10O9. The molecule has 348 valence electrons. The van der Waals surface area contributed by atoms with Crippen LogP contribution in [-0.2, 0) is 35.0 Å². The number of methoxy groups -OCH3 is 2. The first-order chi connectivity index (χ1) is 32.3. The van der Waals surface area contributed by atoms with E-state index in [-0.39, 0.29) is 77.5 Å². The molecule has 1 N–H and O–H groups in total. The van der Waals surface area contributed by atoms with E-state index in [4.69, 9.17) is 42.4 Å². The summed E-state index contributed by atoms with van der Waals surface area (Å²) < 4.78 is 23.3. The second-order valence-corrected chi connectivity index (χ2v) is 17.6. The van der Waals surface area contributed by atoms with Crippen LogP contribution < -0.4 is 35.7 Å². The first-order valence-corrected chi connectivity index (χ1v) is 22.5. The molecule has 4 amide bonds. The smallest absolute Gasteiger partial charge is 0.329 e. The van der Waals surface area contributed by atoms with Crippen LogP contribution in [0.3, 0.4) is 0 Å². The van der Waals surface area contributed by atoms with Crippen molar-refractivity contribution in [1.82, 2.24) is 43.4 Å². The van der Waals surface area contributed by atoms with Gasteiger partial charge in [-0.05, 0) is 67.5 Å². The minimum atomic E-state index is -0.851. The minimum Gasteiger partial charge on any atom is -0.491 e. The van der Waals surface area contributed by atoms with E-state index in [0.29, 0.717) is 83.4 Å². The number of nitrogens with one attached hydrogen (secondary N) is 1. The third kappa shape index (κ3) is 8.30. The molecule has 2 atom stereocenters. The number of aryl methyl sites for hydroxylation is 2. The van der Waals surface area contributed by atoms with Crippen LogP contribution in [-0.4, -0.2) is 95.7 Å². The summed E-state index contributed by atoms with van der Waals surface area (Å²) in [5, 5.41) is 3.07. The Bertz CT molecular complexity index is 3080. The molecule has 0 radical (unpaired) electrons. The van der Waals surface area contributed by atoms with E-state index in [1.54, 1.807) is 56.6 Å². The van der Waals surface area contributed by atoms with Crippen LogP contribution in [0.5, 0.6) is 17.6 Å². The molecule has 3 aliphatic heterocycles. The summed E-state index contributed by atoms with van der Waals surface area (Å²) in [6.45, 7) is 1.63. The number of hydrogen-bond acceptors (Lipinski definition) is 12. The van der Waals surface area contributed by atoms with Crippen molar-refractivity contribution in [3.8, 4) is 29.0 Å². The molecule has 3 aliphatic rings. The number of para-hydroxylation sites is 1. The number of imide groups is 1. The number of pyridine rings is 1. The Morgan fingerprint density at radius 2 is 1.69 bits per heavy atom. The number of fused-ring (bicyclic) bond motifs is 2. The van der Waals surface area contributed by atoms with Crippen molar-refractivity contribution in [1.29, 1.82) is 0 Å². The van der Waals surface area contributed by atoms with E-state index in [1.165, 1.54) is 51.3 Å². The van der Waals surface area contributed by atoms with Gasteiger partial charge in [-0.15, -0.1) is 0 Å². The Morgan fingerprint density at radius 1 is 0.925 bits per heavy atom. The number of carbonyl (C=O) groups excluding carboxylic acids is 4. The highest BCUT2D eigenvalue weighted by atomic mass is 35.5. The molecule has 2 aromatic carbocycles. The van der Waals surface area contributed by atoms with Gasteiger partial charge >= 0.3 is 11.7 Å². The molecule has 19 nitrogen and oxygen atoms in total. The van der Waals surface area contributed by atoms with Crippen LogP contribution in [0.4, 0.5) is 5.69 Å². The van der Waals surface area contributed by atoms with Gasteiger partial charge in [0, 0.05) is 64.0 Å². The van der Waals surface area contributed by atoms with E-state index in [0.717, 1.165) is 0 Å².